The molecule has 21 heavy (non-hydrogen) atoms. The first kappa shape index (κ1) is 16.3. The molecule has 0 saturated carbocycles. The first-order chi connectivity index (χ1) is 10.3. The second kappa shape index (κ2) is 9.16. The smallest absolute Gasteiger partial charge is 0.00952 e. The third kappa shape index (κ3) is 4.66. The van der Waals surface area contributed by atoms with Crippen molar-refractivity contribution >= 4 is 12.2 Å². The quantitative estimate of drug-likeness (QED) is 0.590. The number of hydrogen-bond donors (Lipinski definition) is 0. The third-order valence-electron chi connectivity index (χ3n) is 3.33. The molecule has 0 fully saturated rings. The molecular weight excluding hydrogens is 264 g/mol. The van der Waals surface area contributed by atoms with Gasteiger partial charge in [0.1, 0.15) is 0 Å². The molecule has 2 aromatic carbocycles. The van der Waals surface area contributed by atoms with Crippen LogP contribution in [0.2, 0.25) is 0 Å². The Kier molecular flexibility index (Phi) is 7.09. The highest BCUT2D eigenvalue weighted by atomic mass is 16.1. The van der Waals surface area contributed by atoms with Crippen LogP contribution >= 0.6 is 0 Å². The Balaban J connectivity index is 0.000000321. The highest BCUT2D eigenvalue weighted by Crippen LogP contribution is 2.37. The number of carbonyl (C=O) groups excluding carboxylic acids is 2. The zero-order valence-electron chi connectivity index (χ0n) is 11.4. The van der Waals surface area contributed by atoms with Gasteiger partial charge in [0.2, 0.25) is 0 Å². The molecule has 3 rings (SSSR count). The normalized spacial score (nSPS) is 14.2. The molecule has 0 aliphatic heterocycles. The maximum Gasteiger partial charge on any atom is 0.00952 e. The fourth-order valence-electron chi connectivity index (χ4n) is 2.59. The van der Waals surface area contributed by atoms with Gasteiger partial charge >= 0.3 is 0 Å². The SMILES string of the molecule is [N-]=C=O.[N-]=C=O.c1ccc(C2CCc3ccccc32)cc1. The lowest BCUT2D eigenvalue weighted by molar-refractivity contribution is 0.568. The Hall–Kier alpha value is -2.80. The van der Waals surface area contributed by atoms with E-state index in [4.69, 9.17) is 20.4 Å². The van der Waals surface area contributed by atoms with Gasteiger partial charge in [0.15, 0.2) is 0 Å². The fraction of sp³-hybridized carbons (Fsp3) is 0.176. The summed E-state index contributed by atoms with van der Waals surface area (Å²) in [5.41, 5.74) is 4.53. The summed E-state index contributed by atoms with van der Waals surface area (Å²) in [5.74, 6) is 0.627. The maximum atomic E-state index is 8.24. The van der Waals surface area contributed by atoms with Crippen LogP contribution in [-0.2, 0) is 16.0 Å². The van der Waals surface area contributed by atoms with E-state index in [1.165, 1.54) is 29.5 Å². The molecule has 0 saturated heterocycles. The first-order valence-corrected chi connectivity index (χ1v) is 6.43. The number of nitrogens with zero attached hydrogens (tertiary/aromatic N) is 2. The van der Waals surface area contributed by atoms with Gasteiger partial charge in [0, 0.05) is 5.92 Å². The Morgan fingerprint density at radius 3 is 2.00 bits per heavy atom. The van der Waals surface area contributed by atoms with Crippen molar-refractivity contribution in [2.75, 3.05) is 0 Å². The van der Waals surface area contributed by atoms with Gasteiger partial charge in [0.25, 0.3) is 0 Å². The zero-order valence-corrected chi connectivity index (χ0v) is 11.4. The van der Waals surface area contributed by atoms with E-state index in [9.17, 15) is 0 Å². The van der Waals surface area contributed by atoms with Crippen molar-refractivity contribution in [2.24, 2.45) is 0 Å². The summed E-state index contributed by atoms with van der Waals surface area (Å²) in [6.07, 6.45) is 3.50. The Labute approximate surface area is 123 Å². The molecule has 4 nitrogen and oxygen atoms in total. The van der Waals surface area contributed by atoms with Crippen molar-refractivity contribution in [3.63, 3.8) is 0 Å². The lowest BCUT2D eigenvalue weighted by Gasteiger charge is -2.11. The molecule has 1 unspecified atom stereocenters. The zero-order chi connectivity index (χ0) is 15.5. The van der Waals surface area contributed by atoms with Crippen molar-refractivity contribution in [1.29, 1.82) is 0 Å². The third-order valence-corrected chi connectivity index (χ3v) is 3.33. The number of aryl methyl sites for hydroxylation is 1. The molecule has 4 heteroatoms. The lowest BCUT2D eigenvalue weighted by Crippen LogP contribution is -1.94. The average molecular weight is 278 g/mol. The highest BCUT2D eigenvalue weighted by Gasteiger charge is 2.22. The topological polar surface area (TPSA) is 78.7 Å². The number of benzene rings is 2. The largest absolute Gasteiger partial charge is 0.724 e. The van der Waals surface area contributed by atoms with Crippen molar-refractivity contribution in [1.82, 2.24) is 0 Å². The van der Waals surface area contributed by atoms with Gasteiger partial charge in [-0.15, -0.1) is 0 Å². The van der Waals surface area contributed by atoms with Crippen LogP contribution in [0, 0.1) is 0 Å². The molecule has 0 bridgehead atoms. The van der Waals surface area contributed by atoms with Crippen molar-refractivity contribution in [3.05, 3.63) is 82.1 Å². The van der Waals surface area contributed by atoms with Crippen LogP contribution in [-0.4, -0.2) is 12.2 Å². The summed E-state index contributed by atoms with van der Waals surface area (Å²) in [5, 5.41) is 13.5. The minimum Gasteiger partial charge on any atom is -0.724 e. The van der Waals surface area contributed by atoms with E-state index in [0.717, 1.165) is 0 Å². The first-order valence-electron chi connectivity index (χ1n) is 6.43. The van der Waals surface area contributed by atoms with Crippen LogP contribution in [0.25, 0.3) is 10.8 Å². The molecule has 0 spiro atoms. The second-order valence-electron chi connectivity index (χ2n) is 4.38. The van der Waals surface area contributed by atoms with Gasteiger partial charge < -0.3 is 10.8 Å². The Bertz CT molecular complexity index is 614. The van der Waals surface area contributed by atoms with Gasteiger partial charge in [-0.25, -0.2) is 0 Å². The van der Waals surface area contributed by atoms with Gasteiger partial charge in [-0.1, -0.05) is 54.6 Å². The molecule has 0 N–H and O–H groups in total. The molecule has 1 aliphatic carbocycles. The Morgan fingerprint density at radius 1 is 0.857 bits per heavy atom. The Morgan fingerprint density at radius 2 is 1.38 bits per heavy atom. The monoisotopic (exact) mass is 278 g/mol. The van der Waals surface area contributed by atoms with Crippen LogP contribution in [0.4, 0.5) is 0 Å². The van der Waals surface area contributed by atoms with E-state index in [0.29, 0.717) is 18.1 Å². The fourth-order valence-corrected chi connectivity index (χ4v) is 2.59. The van der Waals surface area contributed by atoms with Gasteiger partial charge in [-0.2, -0.15) is 0 Å². The van der Waals surface area contributed by atoms with Crippen LogP contribution in [0.5, 0.6) is 0 Å². The molecule has 106 valence electrons. The van der Waals surface area contributed by atoms with Crippen molar-refractivity contribution in [3.8, 4) is 0 Å². The summed E-state index contributed by atoms with van der Waals surface area (Å²) in [6, 6.07) is 19.7. The maximum absolute atomic E-state index is 8.24. The van der Waals surface area contributed by atoms with Gasteiger partial charge in [0.05, 0.1) is 0 Å². The van der Waals surface area contributed by atoms with Crippen molar-refractivity contribution in [2.45, 2.75) is 18.8 Å². The van der Waals surface area contributed by atoms with Crippen LogP contribution in [0.15, 0.2) is 54.6 Å². The molecule has 0 heterocycles. The molecular formula is C17H14N2O2-2. The van der Waals surface area contributed by atoms with Gasteiger partial charge in [-0.3, -0.25) is 9.59 Å². The predicted octanol–water partition coefficient (Wildman–Crippen LogP) is 3.55. The summed E-state index contributed by atoms with van der Waals surface area (Å²) in [6.45, 7) is 0. The van der Waals surface area contributed by atoms with E-state index in [1.807, 2.05) is 0 Å². The summed E-state index contributed by atoms with van der Waals surface area (Å²) in [4.78, 5) is 16.5. The summed E-state index contributed by atoms with van der Waals surface area (Å²) in [7, 11) is 0. The molecule has 0 aromatic heterocycles. The van der Waals surface area contributed by atoms with E-state index in [2.05, 4.69) is 54.6 Å². The predicted molar refractivity (Wildman–Crippen MR) is 81.2 cm³/mol. The lowest BCUT2D eigenvalue weighted by atomic mass is 9.93. The van der Waals surface area contributed by atoms with Crippen LogP contribution < -0.4 is 0 Å². The average Bonchev–Trinajstić information content (AvgIpc) is 2.94. The van der Waals surface area contributed by atoms with Crippen LogP contribution in [0.3, 0.4) is 0 Å². The van der Waals surface area contributed by atoms with E-state index in [1.54, 1.807) is 0 Å². The van der Waals surface area contributed by atoms with E-state index >= 15 is 0 Å². The number of rotatable bonds is 1. The second-order valence-corrected chi connectivity index (χ2v) is 4.38. The van der Waals surface area contributed by atoms with E-state index in [-0.39, 0.29) is 0 Å². The molecule has 0 radical (unpaired) electrons. The number of fused-ring (bicyclic) bond motifs is 1. The van der Waals surface area contributed by atoms with E-state index < -0.39 is 0 Å². The number of hydrogen-bond acceptors (Lipinski definition) is 2. The minimum absolute atomic E-state index is 0.500. The molecule has 2 aromatic rings. The molecule has 1 aliphatic rings. The highest BCUT2D eigenvalue weighted by molar-refractivity contribution is 5.41. The van der Waals surface area contributed by atoms with Gasteiger partial charge in [-0.05, 0) is 41.7 Å². The summed E-state index contributed by atoms with van der Waals surface area (Å²) < 4.78 is 0. The standard InChI is InChI=1S/C15H14.2CNO/c1-2-6-12(7-3-1)15-11-10-13-8-4-5-9-14(13)15;2*2-1-3/h1-9,15H,10-11H2;;/q;2*-1. The molecule has 0 amide bonds. The number of isocyanates is 2. The minimum atomic E-state index is 0.500. The molecule has 1 atom stereocenters. The van der Waals surface area contributed by atoms with Crippen molar-refractivity contribution < 1.29 is 9.59 Å². The summed E-state index contributed by atoms with van der Waals surface area (Å²) >= 11 is 0. The van der Waals surface area contributed by atoms with Crippen LogP contribution in [0.1, 0.15) is 29.0 Å².